The van der Waals surface area contributed by atoms with Gasteiger partial charge in [-0.3, -0.25) is 0 Å². The molecule has 2 heteroatoms. The predicted molar refractivity (Wildman–Crippen MR) is 109 cm³/mol. The van der Waals surface area contributed by atoms with Crippen LogP contribution in [0.1, 0.15) is 77.8 Å². The topological polar surface area (TPSA) is 6.48 Å². The van der Waals surface area contributed by atoms with Crippen LogP contribution in [-0.2, 0) is 11.8 Å². The summed E-state index contributed by atoms with van der Waals surface area (Å²) in [4.78, 5) is 4.99. The first kappa shape index (κ1) is 18.4. The Morgan fingerprint density at radius 3 is 2.32 bits per heavy atom. The molecule has 2 nitrogen and oxygen atoms in total. The van der Waals surface area contributed by atoms with Gasteiger partial charge in [0.15, 0.2) is 0 Å². The van der Waals surface area contributed by atoms with Crippen LogP contribution in [0.2, 0.25) is 0 Å². The van der Waals surface area contributed by atoms with E-state index in [1.54, 1.807) is 5.56 Å². The van der Waals surface area contributed by atoms with E-state index in [1.165, 1.54) is 49.8 Å². The Morgan fingerprint density at radius 2 is 1.72 bits per heavy atom. The number of nitrogens with zero attached hydrogens (tertiary/aromatic N) is 2. The third-order valence-electron chi connectivity index (χ3n) is 7.39. The summed E-state index contributed by atoms with van der Waals surface area (Å²) in [5, 5.41) is 0. The summed E-state index contributed by atoms with van der Waals surface area (Å²) in [5.41, 5.74) is 4.98. The van der Waals surface area contributed by atoms with Crippen molar-refractivity contribution in [3.05, 3.63) is 41.7 Å². The summed E-state index contributed by atoms with van der Waals surface area (Å²) in [6.07, 6.45) is 12.3. The molecule has 0 saturated carbocycles. The summed E-state index contributed by atoms with van der Waals surface area (Å²) >= 11 is 0. The first-order valence-electron chi connectivity index (χ1n) is 10.3. The lowest BCUT2D eigenvalue weighted by molar-refractivity contribution is 0.0256. The Labute approximate surface area is 154 Å². The molecule has 2 unspecified atom stereocenters. The van der Waals surface area contributed by atoms with Crippen LogP contribution in [0.4, 0.5) is 5.69 Å². The molecule has 2 heterocycles. The van der Waals surface area contributed by atoms with Crippen molar-refractivity contribution >= 4 is 5.69 Å². The molecule has 0 aliphatic carbocycles. The molecule has 0 amide bonds. The van der Waals surface area contributed by atoms with Gasteiger partial charge in [0.2, 0.25) is 0 Å². The average molecular weight is 341 g/mol. The molecular weight excluding hydrogens is 304 g/mol. The van der Waals surface area contributed by atoms with Gasteiger partial charge >= 0.3 is 0 Å². The number of unbranched alkanes of at least 4 members (excludes halogenated alkanes) is 1. The van der Waals surface area contributed by atoms with Crippen LogP contribution < -0.4 is 4.90 Å². The molecule has 138 valence electrons. The number of hydrogen-bond donors (Lipinski definition) is 0. The van der Waals surface area contributed by atoms with Crippen LogP contribution in [0.25, 0.3) is 0 Å². The lowest BCUT2D eigenvalue weighted by Crippen LogP contribution is -2.62. The van der Waals surface area contributed by atoms with Gasteiger partial charge in [-0.05, 0) is 49.3 Å². The number of benzene rings is 1. The molecule has 25 heavy (non-hydrogen) atoms. The average Bonchev–Trinajstić information content (AvgIpc) is 3.03. The van der Waals surface area contributed by atoms with Gasteiger partial charge in [0.05, 0.1) is 0 Å². The second-order valence-electron chi connectivity index (χ2n) is 8.26. The zero-order valence-electron chi connectivity index (χ0n) is 17.1. The van der Waals surface area contributed by atoms with Crippen LogP contribution >= 0.6 is 0 Å². The number of anilines is 1. The maximum Gasteiger partial charge on any atom is 0.111 e. The third kappa shape index (κ3) is 2.44. The van der Waals surface area contributed by atoms with Gasteiger partial charge in [0.25, 0.3) is 0 Å². The van der Waals surface area contributed by atoms with Crippen LogP contribution in [0.3, 0.4) is 0 Å². The van der Waals surface area contributed by atoms with Crippen LogP contribution in [-0.4, -0.2) is 18.1 Å². The van der Waals surface area contributed by atoms with E-state index in [0.717, 1.165) is 0 Å². The Hall–Kier alpha value is -1.44. The standard InChI is InChI=1S/C23H36N2/c1-7-11-12-18-13-14-19-20(17-18)25-16-15-24(6)21(25)22(5,8-2)23(19,9-3)10-4/h13-17,21H,7-12H2,1-6H3. The van der Waals surface area contributed by atoms with Gasteiger partial charge in [0.1, 0.15) is 6.17 Å². The highest BCUT2D eigenvalue weighted by molar-refractivity contribution is 5.66. The Balaban J connectivity index is 2.20. The molecule has 0 saturated heterocycles. The molecule has 0 bridgehead atoms. The number of hydrogen-bond acceptors (Lipinski definition) is 2. The van der Waals surface area contributed by atoms with E-state index in [0.29, 0.717) is 6.17 Å². The molecule has 0 aromatic heterocycles. The highest BCUT2D eigenvalue weighted by Gasteiger charge is 2.58. The largest absolute Gasteiger partial charge is 0.358 e. The van der Waals surface area contributed by atoms with Gasteiger partial charge in [-0.1, -0.05) is 53.2 Å². The number of aryl methyl sites for hydroxylation is 1. The Bertz CT molecular complexity index is 643. The number of rotatable bonds is 6. The SMILES string of the molecule is CCCCc1ccc2c(c1)N1C=CN(C)C1C(C)(CC)C2(CC)CC. The third-order valence-corrected chi connectivity index (χ3v) is 7.39. The zero-order valence-corrected chi connectivity index (χ0v) is 17.1. The minimum atomic E-state index is 0.229. The summed E-state index contributed by atoms with van der Waals surface area (Å²) in [6.45, 7) is 12.0. The Morgan fingerprint density at radius 1 is 1.00 bits per heavy atom. The summed E-state index contributed by atoms with van der Waals surface area (Å²) < 4.78 is 0. The van der Waals surface area contributed by atoms with Crippen molar-refractivity contribution in [2.24, 2.45) is 5.41 Å². The Kier molecular flexibility index (Phi) is 4.92. The molecule has 2 aliphatic rings. The van der Waals surface area contributed by atoms with Gasteiger partial charge in [-0.15, -0.1) is 0 Å². The van der Waals surface area contributed by atoms with E-state index in [2.05, 4.69) is 82.1 Å². The maximum absolute atomic E-state index is 2.55. The van der Waals surface area contributed by atoms with E-state index in [-0.39, 0.29) is 10.8 Å². The van der Waals surface area contributed by atoms with E-state index >= 15 is 0 Å². The lowest BCUT2D eigenvalue weighted by atomic mass is 9.53. The van der Waals surface area contributed by atoms with E-state index in [4.69, 9.17) is 0 Å². The van der Waals surface area contributed by atoms with Crippen LogP contribution in [0.15, 0.2) is 30.6 Å². The smallest absolute Gasteiger partial charge is 0.111 e. The highest BCUT2D eigenvalue weighted by Crippen LogP contribution is 2.60. The van der Waals surface area contributed by atoms with Gasteiger partial charge in [0, 0.05) is 36.0 Å². The fraction of sp³-hybridized carbons (Fsp3) is 0.652. The zero-order chi connectivity index (χ0) is 18.2. The molecule has 0 N–H and O–H groups in total. The van der Waals surface area contributed by atoms with Crippen LogP contribution in [0, 0.1) is 5.41 Å². The van der Waals surface area contributed by atoms with E-state index < -0.39 is 0 Å². The van der Waals surface area contributed by atoms with E-state index in [1.807, 2.05) is 0 Å². The van der Waals surface area contributed by atoms with Crippen molar-refractivity contribution in [2.75, 3.05) is 11.9 Å². The highest BCUT2D eigenvalue weighted by atomic mass is 15.4. The van der Waals surface area contributed by atoms with E-state index in [9.17, 15) is 0 Å². The molecule has 3 rings (SSSR count). The van der Waals surface area contributed by atoms with Crippen molar-refractivity contribution in [2.45, 2.75) is 84.7 Å². The molecule has 0 radical (unpaired) electrons. The summed E-state index contributed by atoms with van der Waals surface area (Å²) in [6, 6.07) is 7.34. The van der Waals surface area contributed by atoms with Gasteiger partial charge < -0.3 is 9.80 Å². The van der Waals surface area contributed by atoms with Gasteiger partial charge in [-0.25, -0.2) is 0 Å². The predicted octanol–water partition coefficient (Wildman–Crippen LogP) is 6.07. The second kappa shape index (κ2) is 6.70. The lowest BCUT2D eigenvalue weighted by Gasteiger charge is -2.60. The number of fused-ring (bicyclic) bond motifs is 3. The molecular formula is C23H36N2. The molecule has 1 aromatic rings. The van der Waals surface area contributed by atoms with Crippen LogP contribution in [0.5, 0.6) is 0 Å². The minimum Gasteiger partial charge on any atom is -0.358 e. The van der Waals surface area contributed by atoms with Crippen molar-refractivity contribution < 1.29 is 0 Å². The molecule has 1 aromatic carbocycles. The quantitative estimate of drug-likeness (QED) is 0.620. The summed E-state index contributed by atoms with van der Waals surface area (Å²) in [5.74, 6) is 0. The molecule has 2 aliphatic heterocycles. The summed E-state index contributed by atoms with van der Waals surface area (Å²) in [7, 11) is 2.25. The first-order valence-corrected chi connectivity index (χ1v) is 10.3. The maximum atomic E-state index is 2.55. The monoisotopic (exact) mass is 340 g/mol. The van der Waals surface area contributed by atoms with Gasteiger partial charge in [-0.2, -0.15) is 0 Å². The normalized spacial score (nSPS) is 26.7. The minimum absolute atomic E-state index is 0.229. The molecule has 0 fully saturated rings. The molecule has 0 spiro atoms. The van der Waals surface area contributed by atoms with Crippen molar-refractivity contribution in [3.63, 3.8) is 0 Å². The fourth-order valence-corrected chi connectivity index (χ4v) is 5.75. The van der Waals surface area contributed by atoms with Crippen molar-refractivity contribution in [1.29, 1.82) is 0 Å². The molecule has 2 atom stereocenters. The first-order chi connectivity index (χ1) is 12.0. The van der Waals surface area contributed by atoms with Crippen molar-refractivity contribution in [3.8, 4) is 0 Å². The van der Waals surface area contributed by atoms with Crippen molar-refractivity contribution in [1.82, 2.24) is 4.90 Å². The second-order valence-corrected chi connectivity index (χ2v) is 8.26. The fourth-order valence-electron chi connectivity index (χ4n) is 5.75.